The zero-order chi connectivity index (χ0) is 24.1. The van der Waals surface area contributed by atoms with E-state index in [1.165, 1.54) is 0 Å². The highest BCUT2D eigenvalue weighted by Crippen LogP contribution is 2.35. The Morgan fingerprint density at radius 2 is 1.79 bits per heavy atom. The second kappa shape index (κ2) is 11.3. The SMILES string of the molecule is CCOc1cc(CNn2c(-c3ccccc3)n[nH]c2=S)c(Br)cc1OCc1ccc(Cl)c(Cl)c1. The van der Waals surface area contributed by atoms with Crippen LogP contribution in [0.2, 0.25) is 10.0 Å². The van der Waals surface area contributed by atoms with Gasteiger partial charge in [-0.3, -0.25) is 0 Å². The van der Waals surface area contributed by atoms with E-state index in [9.17, 15) is 0 Å². The van der Waals surface area contributed by atoms with Gasteiger partial charge in [-0.1, -0.05) is 75.5 Å². The van der Waals surface area contributed by atoms with Crippen LogP contribution in [-0.2, 0) is 13.2 Å². The first kappa shape index (κ1) is 24.6. The summed E-state index contributed by atoms with van der Waals surface area (Å²) in [6, 6.07) is 19.1. The number of hydrogen-bond donors (Lipinski definition) is 2. The monoisotopic (exact) mass is 578 g/mol. The summed E-state index contributed by atoms with van der Waals surface area (Å²) in [7, 11) is 0. The predicted molar refractivity (Wildman–Crippen MR) is 142 cm³/mol. The van der Waals surface area contributed by atoms with Crippen molar-refractivity contribution in [2.24, 2.45) is 0 Å². The number of H-pyrrole nitrogens is 1. The van der Waals surface area contributed by atoms with Gasteiger partial charge >= 0.3 is 0 Å². The molecule has 0 atom stereocenters. The standard InChI is InChI=1S/C24H21BrCl2N4O2S/c1-2-32-21-11-17(13-28-31-23(29-30-24(31)34)16-6-4-3-5-7-16)18(25)12-22(21)33-14-15-8-9-19(26)20(27)10-15/h3-12,28H,2,13-14H2,1H3,(H,30,34). The number of nitrogens with zero attached hydrogens (tertiary/aromatic N) is 2. The fourth-order valence-corrected chi connectivity index (χ4v) is 4.25. The second-order valence-electron chi connectivity index (χ2n) is 7.25. The third kappa shape index (κ3) is 5.75. The lowest BCUT2D eigenvalue weighted by Gasteiger charge is -2.16. The predicted octanol–water partition coefficient (Wildman–Crippen LogP) is 7.40. The number of rotatable bonds is 9. The van der Waals surface area contributed by atoms with Crippen LogP contribution in [0, 0.1) is 4.77 Å². The van der Waals surface area contributed by atoms with E-state index in [1.807, 2.05) is 55.5 Å². The first-order valence-electron chi connectivity index (χ1n) is 10.4. The van der Waals surface area contributed by atoms with Gasteiger partial charge in [0.25, 0.3) is 0 Å². The van der Waals surface area contributed by atoms with Crippen molar-refractivity contribution in [3.63, 3.8) is 0 Å². The summed E-state index contributed by atoms with van der Waals surface area (Å²) in [5, 5.41) is 8.20. The Kier molecular flexibility index (Phi) is 8.15. The summed E-state index contributed by atoms with van der Waals surface area (Å²) in [4.78, 5) is 0. The number of halogens is 3. The number of aromatic nitrogens is 3. The molecule has 0 saturated carbocycles. The molecule has 1 aromatic heterocycles. The summed E-state index contributed by atoms with van der Waals surface area (Å²) in [5.74, 6) is 1.96. The molecule has 6 nitrogen and oxygen atoms in total. The Balaban J connectivity index is 1.53. The summed E-state index contributed by atoms with van der Waals surface area (Å²) in [6.45, 7) is 3.23. The van der Waals surface area contributed by atoms with Gasteiger partial charge in [-0.25, -0.2) is 9.77 Å². The molecule has 0 aliphatic carbocycles. The Hall–Kier alpha value is -2.52. The summed E-state index contributed by atoms with van der Waals surface area (Å²) < 4.78 is 15.0. The van der Waals surface area contributed by atoms with Crippen molar-refractivity contribution >= 4 is 51.3 Å². The Morgan fingerprint density at radius 1 is 1.03 bits per heavy atom. The van der Waals surface area contributed by atoms with Gasteiger partial charge in [-0.15, -0.1) is 0 Å². The van der Waals surface area contributed by atoms with E-state index in [4.69, 9.17) is 44.9 Å². The number of aromatic amines is 1. The van der Waals surface area contributed by atoms with E-state index in [0.717, 1.165) is 21.2 Å². The van der Waals surface area contributed by atoms with E-state index in [1.54, 1.807) is 16.8 Å². The molecule has 0 bridgehead atoms. The van der Waals surface area contributed by atoms with Gasteiger partial charge in [0.05, 0.1) is 23.2 Å². The molecule has 0 aliphatic heterocycles. The molecule has 0 fully saturated rings. The van der Waals surface area contributed by atoms with Crippen LogP contribution in [0.25, 0.3) is 11.4 Å². The minimum atomic E-state index is 0.325. The highest BCUT2D eigenvalue weighted by molar-refractivity contribution is 9.10. The third-order valence-electron chi connectivity index (χ3n) is 4.92. The molecule has 4 aromatic rings. The van der Waals surface area contributed by atoms with Crippen LogP contribution in [0.4, 0.5) is 0 Å². The summed E-state index contributed by atoms with van der Waals surface area (Å²) in [6.07, 6.45) is 0. The number of nitrogens with one attached hydrogen (secondary N) is 2. The molecule has 3 aromatic carbocycles. The normalized spacial score (nSPS) is 10.8. The lowest BCUT2D eigenvalue weighted by Crippen LogP contribution is -2.16. The molecule has 1 heterocycles. The molecule has 0 saturated heterocycles. The quantitative estimate of drug-likeness (QED) is 0.202. The summed E-state index contributed by atoms with van der Waals surface area (Å²) in [5.41, 5.74) is 6.16. The lowest BCUT2D eigenvalue weighted by atomic mass is 10.2. The van der Waals surface area contributed by atoms with Gasteiger partial charge in [0, 0.05) is 10.0 Å². The van der Waals surface area contributed by atoms with E-state index in [-0.39, 0.29) is 0 Å². The van der Waals surface area contributed by atoms with Crippen LogP contribution < -0.4 is 14.9 Å². The molecular formula is C24H21BrCl2N4O2S. The van der Waals surface area contributed by atoms with Crippen LogP contribution in [0.5, 0.6) is 11.5 Å². The Morgan fingerprint density at radius 3 is 2.53 bits per heavy atom. The number of ether oxygens (including phenoxy) is 2. The van der Waals surface area contributed by atoms with Crippen molar-refractivity contribution in [1.82, 2.24) is 14.9 Å². The maximum atomic E-state index is 6.12. The Labute approximate surface area is 220 Å². The number of benzene rings is 3. The van der Waals surface area contributed by atoms with Crippen LogP contribution in [0.3, 0.4) is 0 Å². The molecule has 4 rings (SSSR count). The van der Waals surface area contributed by atoms with Gasteiger partial charge < -0.3 is 14.9 Å². The molecule has 2 N–H and O–H groups in total. The molecule has 0 spiro atoms. The topological polar surface area (TPSA) is 64.1 Å². The largest absolute Gasteiger partial charge is 0.490 e. The molecule has 0 radical (unpaired) electrons. The minimum Gasteiger partial charge on any atom is -0.490 e. The highest BCUT2D eigenvalue weighted by Gasteiger charge is 2.14. The van der Waals surface area contributed by atoms with Gasteiger partial charge in [0.2, 0.25) is 4.77 Å². The van der Waals surface area contributed by atoms with Crippen LogP contribution in [0.15, 0.2) is 65.1 Å². The first-order chi connectivity index (χ1) is 16.5. The van der Waals surface area contributed by atoms with Crippen LogP contribution in [0.1, 0.15) is 18.1 Å². The van der Waals surface area contributed by atoms with Crippen molar-refractivity contribution in [1.29, 1.82) is 0 Å². The van der Waals surface area contributed by atoms with Crippen molar-refractivity contribution in [3.05, 3.63) is 91.1 Å². The zero-order valence-corrected chi connectivity index (χ0v) is 22.1. The van der Waals surface area contributed by atoms with E-state index < -0.39 is 0 Å². The van der Waals surface area contributed by atoms with Gasteiger partial charge in [0.1, 0.15) is 6.61 Å². The molecule has 34 heavy (non-hydrogen) atoms. The molecule has 10 heteroatoms. The molecule has 176 valence electrons. The Bertz CT molecular complexity index is 1340. The molecule has 0 unspecified atom stereocenters. The zero-order valence-electron chi connectivity index (χ0n) is 18.1. The van der Waals surface area contributed by atoms with Gasteiger partial charge in [-0.05, 0) is 54.5 Å². The van der Waals surface area contributed by atoms with Crippen molar-refractivity contribution in [3.8, 4) is 22.9 Å². The third-order valence-corrected chi connectivity index (χ3v) is 6.67. The smallest absolute Gasteiger partial charge is 0.214 e. The van der Waals surface area contributed by atoms with Gasteiger partial charge in [-0.2, -0.15) is 5.10 Å². The average Bonchev–Trinajstić information content (AvgIpc) is 3.21. The second-order valence-corrected chi connectivity index (χ2v) is 9.30. The first-order valence-corrected chi connectivity index (χ1v) is 12.4. The van der Waals surface area contributed by atoms with Crippen LogP contribution in [-0.4, -0.2) is 21.5 Å². The van der Waals surface area contributed by atoms with Crippen molar-refractivity contribution in [2.45, 2.75) is 20.1 Å². The maximum Gasteiger partial charge on any atom is 0.214 e. The van der Waals surface area contributed by atoms with E-state index >= 15 is 0 Å². The van der Waals surface area contributed by atoms with Crippen molar-refractivity contribution < 1.29 is 9.47 Å². The lowest BCUT2D eigenvalue weighted by molar-refractivity contribution is 0.269. The molecular weight excluding hydrogens is 559 g/mol. The highest BCUT2D eigenvalue weighted by atomic mass is 79.9. The minimum absolute atomic E-state index is 0.325. The number of hydrogen-bond acceptors (Lipinski definition) is 5. The molecule has 0 amide bonds. The average molecular weight is 580 g/mol. The van der Waals surface area contributed by atoms with E-state index in [2.05, 4.69) is 31.6 Å². The van der Waals surface area contributed by atoms with Crippen LogP contribution >= 0.6 is 51.3 Å². The molecule has 0 aliphatic rings. The fourth-order valence-electron chi connectivity index (χ4n) is 3.27. The summed E-state index contributed by atoms with van der Waals surface area (Å²) >= 11 is 21.2. The maximum absolute atomic E-state index is 6.12. The van der Waals surface area contributed by atoms with Gasteiger partial charge in [0.15, 0.2) is 17.3 Å². The van der Waals surface area contributed by atoms with Crippen molar-refractivity contribution in [2.75, 3.05) is 12.0 Å². The van der Waals surface area contributed by atoms with E-state index in [0.29, 0.717) is 51.9 Å². The fraction of sp³-hybridized carbons (Fsp3) is 0.167.